The number of anilines is 1. The molecule has 0 aliphatic carbocycles. The number of carbonyl (C=O) groups excluding carboxylic acids is 2. The van der Waals surface area contributed by atoms with Gasteiger partial charge in [0.1, 0.15) is 5.82 Å². The molecule has 0 N–H and O–H groups in total. The van der Waals surface area contributed by atoms with Gasteiger partial charge in [0.15, 0.2) is 0 Å². The first kappa shape index (κ1) is 20.5. The molecule has 0 saturated carbocycles. The van der Waals surface area contributed by atoms with Crippen LogP contribution < -0.4 is 4.90 Å². The number of hydrogen-bond acceptors (Lipinski definition) is 3. The standard InChI is InChI=1S/C24H28FN3O2/c1-17(2)15-26-9-11-27(12-10-26)24(30)19-5-8-22-20(13-19)14-23(29)28(22)16-18-3-6-21(25)7-4-18/h3-8,13,17H,9-12,14-16H2,1-2H3. The minimum absolute atomic E-state index is 0.00113. The summed E-state index contributed by atoms with van der Waals surface area (Å²) in [4.78, 5) is 31.6. The number of benzene rings is 2. The van der Waals surface area contributed by atoms with Crippen molar-refractivity contribution >= 4 is 17.5 Å². The van der Waals surface area contributed by atoms with Crippen LogP contribution in [0, 0.1) is 11.7 Å². The number of carbonyl (C=O) groups is 2. The average molecular weight is 410 g/mol. The van der Waals surface area contributed by atoms with Crippen LogP contribution in [-0.4, -0.2) is 54.3 Å². The lowest BCUT2D eigenvalue weighted by Crippen LogP contribution is -2.49. The predicted octanol–water partition coefficient (Wildman–Crippen LogP) is 3.33. The van der Waals surface area contributed by atoms with Crippen molar-refractivity contribution in [3.63, 3.8) is 0 Å². The molecule has 0 radical (unpaired) electrons. The fourth-order valence-electron chi connectivity index (χ4n) is 4.29. The molecule has 30 heavy (non-hydrogen) atoms. The summed E-state index contributed by atoms with van der Waals surface area (Å²) >= 11 is 0. The Morgan fingerprint density at radius 2 is 1.73 bits per heavy atom. The molecular formula is C24H28FN3O2. The molecule has 0 bridgehead atoms. The summed E-state index contributed by atoms with van der Waals surface area (Å²) in [5.41, 5.74) is 3.23. The third-order valence-corrected chi connectivity index (χ3v) is 5.80. The van der Waals surface area contributed by atoms with Gasteiger partial charge in [-0.15, -0.1) is 0 Å². The van der Waals surface area contributed by atoms with Gasteiger partial charge in [0.05, 0.1) is 13.0 Å². The highest BCUT2D eigenvalue weighted by molar-refractivity contribution is 6.03. The van der Waals surface area contributed by atoms with Gasteiger partial charge < -0.3 is 9.80 Å². The van der Waals surface area contributed by atoms with Crippen LogP contribution in [0.15, 0.2) is 42.5 Å². The van der Waals surface area contributed by atoms with Crippen molar-refractivity contribution in [1.82, 2.24) is 9.80 Å². The minimum Gasteiger partial charge on any atom is -0.336 e. The van der Waals surface area contributed by atoms with Gasteiger partial charge in [-0.3, -0.25) is 14.5 Å². The van der Waals surface area contributed by atoms with Crippen molar-refractivity contribution < 1.29 is 14.0 Å². The van der Waals surface area contributed by atoms with Gasteiger partial charge in [0, 0.05) is 44.0 Å². The molecule has 2 aliphatic rings. The second-order valence-corrected chi connectivity index (χ2v) is 8.61. The summed E-state index contributed by atoms with van der Waals surface area (Å²) in [5.74, 6) is 0.368. The zero-order chi connectivity index (χ0) is 21.3. The van der Waals surface area contributed by atoms with Crippen molar-refractivity contribution in [2.75, 3.05) is 37.6 Å². The highest BCUT2D eigenvalue weighted by Gasteiger charge is 2.29. The normalized spacial score (nSPS) is 17.0. The molecule has 0 aromatic heterocycles. The topological polar surface area (TPSA) is 43.9 Å². The Labute approximate surface area is 177 Å². The molecule has 1 saturated heterocycles. The lowest BCUT2D eigenvalue weighted by molar-refractivity contribution is -0.117. The molecule has 4 rings (SSSR count). The van der Waals surface area contributed by atoms with Crippen LogP contribution in [0.1, 0.15) is 35.3 Å². The summed E-state index contributed by atoms with van der Waals surface area (Å²) in [5, 5.41) is 0. The maximum Gasteiger partial charge on any atom is 0.253 e. The van der Waals surface area contributed by atoms with E-state index in [1.807, 2.05) is 23.1 Å². The van der Waals surface area contributed by atoms with Crippen LogP contribution in [0.3, 0.4) is 0 Å². The highest BCUT2D eigenvalue weighted by atomic mass is 19.1. The molecule has 2 amide bonds. The first-order valence-corrected chi connectivity index (χ1v) is 10.6. The van der Waals surface area contributed by atoms with E-state index in [1.165, 1.54) is 12.1 Å². The molecule has 6 heteroatoms. The van der Waals surface area contributed by atoms with E-state index >= 15 is 0 Å². The maximum atomic E-state index is 13.1. The molecular weight excluding hydrogens is 381 g/mol. The smallest absolute Gasteiger partial charge is 0.253 e. The van der Waals surface area contributed by atoms with Crippen LogP contribution in [-0.2, 0) is 17.8 Å². The lowest BCUT2D eigenvalue weighted by atomic mass is 10.1. The van der Waals surface area contributed by atoms with E-state index < -0.39 is 0 Å². The number of rotatable bonds is 5. The molecule has 0 unspecified atom stereocenters. The quantitative estimate of drug-likeness (QED) is 0.761. The Hall–Kier alpha value is -2.73. The summed E-state index contributed by atoms with van der Waals surface area (Å²) in [6.07, 6.45) is 0.291. The molecule has 1 fully saturated rings. The summed E-state index contributed by atoms with van der Waals surface area (Å²) in [7, 11) is 0. The third kappa shape index (κ3) is 4.38. The van der Waals surface area contributed by atoms with E-state index in [2.05, 4.69) is 18.7 Å². The average Bonchev–Trinajstić information content (AvgIpc) is 3.03. The molecule has 0 atom stereocenters. The molecule has 158 valence electrons. The van der Waals surface area contributed by atoms with Crippen LogP contribution in [0.4, 0.5) is 10.1 Å². The number of nitrogens with zero attached hydrogens (tertiary/aromatic N) is 3. The Morgan fingerprint density at radius 3 is 2.40 bits per heavy atom. The molecule has 2 aliphatic heterocycles. The summed E-state index contributed by atoms with van der Waals surface area (Å²) in [6, 6.07) is 11.7. The van der Waals surface area contributed by atoms with Gasteiger partial charge in [0.2, 0.25) is 5.91 Å². The fourth-order valence-corrected chi connectivity index (χ4v) is 4.29. The van der Waals surface area contributed by atoms with E-state index in [0.29, 0.717) is 24.4 Å². The Balaban J connectivity index is 1.44. The maximum absolute atomic E-state index is 13.1. The fraction of sp³-hybridized carbons (Fsp3) is 0.417. The second kappa shape index (κ2) is 8.56. The predicted molar refractivity (Wildman–Crippen MR) is 115 cm³/mol. The van der Waals surface area contributed by atoms with Gasteiger partial charge in [-0.2, -0.15) is 0 Å². The SMILES string of the molecule is CC(C)CN1CCN(C(=O)c2ccc3c(c2)CC(=O)N3Cc2ccc(F)cc2)CC1. The van der Waals surface area contributed by atoms with Gasteiger partial charge in [0.25, 0.3) is 5.91 Å². The Morgan fingerprint density at radius 1 is 1.03 bits per heavy atom. The number of hydrogen-bond donors (Lipinski definition) is 0. The van der Waals surface area contributed by atoms with E-state index in [-0.39, 0.29) is 17.6 Å². The van der Waals surface area contributed by atoms with E-state index in [9.17, 15) is 14.0 Å². The third-order valence-electron chi connectivity index (χ3n) is 5.80. The number of halogens is 1. The van der Waals surface area contributed by atoms with Crippen LogP contribution in [0.2, 0.25) is 0 Å². The van der Waals surface area contributed by atoms with Crippen molar-refractivity contribution in [2.24, 2.45) is 5.92 Å². The van der Waals surface area contributed by atoms with E-state index in [0.717, 1.165) is 49.5 Å². The molecule has 2 heterocycles. The molecule has 5 nitrogen and oxygen atoms in total. The van der Waals surface area contributed by atoms with Gasteiger partial charge in [-0.25, -0.2) is 4.39 Å². The van der Waals surface area contributed by atoms with Gasteiger partial charge >= 0.3 is 0 Å². The monoisotopic (exact) mass is 409 g/mol. The van der Waals surface area contributed by atoms with Crippen molar-refractivity contribution in [2.45, 2.75) is 26.8 Å². The van der Waals surface area contributed by atoms with Crippen LogP contribution in [0.25, 0.3) is 0 Å². The summed E-state index contributed by atoms with van der Waals surface area (Å²) in [6.45, 7) is 9.16. The Bertz CT molecular complexity index is 934. The Kier molecular flexibility index (Phi) is 5.86. The van der Waals surface area contributed by atoms with Gasteiger partial charge in [-0.05, 0) is 47.4 Å². The zero-order valence-electron chi connectivity index (χ0n) is 17.6. The lowest BCUT2D eigenvalue weighted by Gasteiger charge is -2.35. The first-order valence-electron chi connectivity index (χ1n) is 10.6. The number of piperazine rings is 1. The minimum atomic E-state index is -0.292. The largest absolute Gasteiger partial charge is 0.336 e. The van der Waals surface area contributed by atoms with Crippen molar-refractivity contribution in [3.05, 3.63) is 65.0 Å². The number of fused-ring (bicyclic) bond motifs is 1. The van der Waals surface area contributed by atoms with Crippen molar-refractivity contribution in [1.29, 1.82) is 0 Å². The van der Waals surface area contributed by atoms with Gasteiger partial charge in [-0.1, -0.05) is 26.0 Å². The number of amides is 2. The van der Waals surface area contributed by atoms with E-state index in [4.69, 9.17) is 0 Å². The molecule has 2 aromatic rings. The first-order chi connectivity index (χ1) is 14.4. The van der Waals surface area contributed by atoms with Crippen LogP contribution >= 0.6 is 0 Å². The van der Waals surface area contributed by atoms with Crippen LogP contribution in [0.5, 0.6) is 0 Å². The second-order valence-electron chi connectivity index (χ2n) is 8.61. The highest BCUT2D eigenvalue weighted by Crippen LogP contribution is 2.31. The molecule has 0 spiro atoms. The molecule has 2 aromatic carbocycles. The van der Waals surface area contributed by atoms with Crippen molar-refractivity contribution in [3.8, 4) is 0 Å². The van der Waals surface area contributed by atoms with E-state index in [1.54, 1.807) is 17.0 Å². The zero-order valence-corrected chi connectivity index (χ0v) is 17.6. The summed E-state index contributed by atoms with van der Waals surface area (Å²) < 4.78 is 13.1.